The second-order valence-electron chi connectivity index (χ2n) is 5.63. The molecule has 1 fully saturated rings. The Morgan fingerprint density at radius 1 is 1.24 bits per heavy atom. The highest BCUT2D eigenvalue weighted by atomic mass is 32.1. The number of likely N-dealkylation sites (tertiary alicyclic amines) is 1. The van der Waals surface area contributed by atoms with Crippen LogP contribution in [0.1, 0.15) is 43.4 Å². The number of piperidine rings is 1. The Balaban J connectivity index is 1.56. The van der Waals surface area contributed by atoms with Gasteiger partial charge in [-0.05, 0) is 43.6 Å². The first-order chi connectivity index (χ1) is 10.2. The number of amides is 1. The van der Waals surface area contributed by atoms with Crippen molar-refractivity contribution in [2.75, 3.05) is 13.1 Å². The Labute approximate surface area is 129 Å². The number of carboxylic acid groups (broad SMARTS) is 1. The average molecular weight is 309 g/mol. The van der Waals surface area contributed by atoms with E-state index in [1.165, 1.54) is 4.88 Å². The molecule has 0 bridgehead atoms. The number of thiophene rings is 1. The molecule has 5 heteroatoms. The Bertz CT molecular complexity index is 450. The van der Waals surface area contributed by atoms with Crippen molar-refractivity contribution in [3.8, 4) is 0 Å². The number of unbranched alkanes of at least 4 members (excludes halogenated alkanes) is 2. The number of hydrogen-bond acceptors (Lipinski definition) is 3. The van der Waals surface area contributed by atoms with Gasteiger partial charge in [0.1, 0.15) is 0 Å². The van der Waals surface area contributed by atoms with Gasteiger partial charge in [0.05, 0.1) is 5.92 Å². The van der Waals surface area contributed by atoms with Gasteiger partial charge in [0.15, 0.2) is 0 Å². The SMILES string of the molecule is O=C(O)C1CCN(C(=O)CCCCCc2cccs2)CC1. The quantitative estimate of drug-likeness (QED) is 0.787. The molecule has 1 aliphatic heterocycles. The van der Waals surface area contributed by atoms with E-state index in [4.69, 9.17) is 5.11 Å². The molecule has 2 heterocycles. The van der Waals surface area contributed by atoms with Gasteiger partial charge in [-0.15, -0.1) is 11.3 Å². The maximum absolute atomic E-state index is 12.0. The molecule has 0 aliphatic carbocycles. The third-order valence-electron chi connectivity index (χ3n) is 4.09. The molecule has 0 radical (unpaired) electrons. The number of carboxylic acids is 1. The lowest BCUT2D eigenvalue weighted by Crippen LogP contribution is -2.40. The number of nitrogens with zero attached hydrogens (tertiary/aromatic N) is 1. The lowest BCUT2D eigenvalue weighted by atomic mass is 9.97. The minimum Gasteiger partial charge on any atom is -0.481 e. The van der Waals surface area contributed by atoms with Crippen molar-refractivity contribution >= 4 is 23.2 Å². The predicted molar refractivity (Wildman–Crippen MR) is 83.4 cm³/mol. The summed E-state index contributed by atoms with van der Waals surface area (Å²) >= 11 is 1.79. The second kappa shape index (κ2) is 8.17. The maximum atomic E-state index is 12.0. The van der Waals surface area contributed by atoms with Gasteiger partial charge in [0, 0.05) is 24.4 Å². The van der Waals surface area contributed by atoms with E-state index in [1.807, 2.05) is 4.90 Å². The fourth-order valence-electron chi connectivity index (χ4n) is 2.74. The molecule has 1 amide bonds. The van der Waals surface area contributed by atoms with Gasteiger partial charge >= 0.3 is 5.97 Å². The zero-order chi connectivity index (χ0) is 15.1. The predicted octanol–water partition coefficient (Wildman–Crippen LogP) is 3.17. The van der Waals surface area contributed by atoms with Gasteiger partial charge in [0.2, 0.25) is 5.91 Å². The van der Waals surface area contributed by atoms with Crippen LogP contribution in [0.25, 0.3) is 0 Å². The van der Waals surface area contributed by atoms with Crippen molar-refractivity contribution in [2.45, 2.75) is 44.9 Å². The molecule has 1 aromatic rings. The van der Waals surface area contributed by atoms with E-state index >= 15 is 0 Å². The van der Waals surface area contributed by atoms with Gasteiger partial charge in [-0.25, -0.2) is 0 Å². The highest BCUT2D eigenvalue weighted by molar-refractivity contribution is 7.09. The van der Waals surface area contributed by atoms with E-state index in [0.717, 1.165) is 25.7 Å². The molecule has 1 saturated heterocycles. The third-order valence-corrected chi connectivity index (χ3v) is 5.03. The van der Waals surface area contributed by atoms with Gasteiger partial charge in [-0.1, -0.05) is 12.5 Å². The number of aryl methyl sites for hydroxylation is 1. The largest absolute Gasteiger partial charge is 0.481 e. The zero-order valence-electron chi connectivity index (χ0n) is 12.3. The molecule has 1 aromatic heterocycles. The molecular formula is C16H23NO3S. The van der Waals surface area contributed by atoms with Crippen molar-refractivity contribution in [1.29, 1.82) is 0 Å². The van der Waals surface area contributed by atoms with Crippen LogP contribution >= 0.6 is 11.3 Å². The van der Waals surface area contributed by atoms with E-state index < -0.39 is 5.97 Å². The maximum Gasteiger partial charge on any atom is 0.306 e. The van der Waals surface area contributed by atoms with Crippen LogP contribution in [0.3, 0.4) is 0 Å². The summed E-state index contributed by atoms with van der Waals surface area (Å²) in [6.07, 6.45) is 6.05. The summed E-state index contributed by atoms with van der Waals surface area (Å²) in [6.45, 7) is 1.20. The molecule has 116 valence electrons. The van der Waals surface area contributed by atoms with Crippen LogP contribution in [0.15, 0.2) is 17.5 Å². The molecule has 21 heavy (non-hydrogen) atoms. The number of hydrogen-bond donors (Lipinski definition) is 1. The topological polar surface area (TPSA) is 57.6 Å². The number of aliphatic carboxylic acids is 1. The van der Waals surface area contributed by atoms with Crippen LogP contribution in [0, 0.1) is 5.92 Å². The van der Waals surface area contributed by atoms with E-state index in [9.17, 15) is 9.59 Å². The number of carbonyl (C=O) groups is 2. The van der Waals surface area contributed by atoms with Crippen LogP contribution in [0.2, 0.25) is 0 Å². The highest BCUT2D eigenvalue weighted by Gasteiger charge is 2.26. The first-order valence-electron chi connectivity index (χ1n) is 7.70. The van der Waals surface area contributed by atoms with Crippen molar-refractivity contribution in [3.05, 3.63) is 22.4 Å². The Kier molecular flexibility index (Phi) is 6.23. The smallest absolute Gasteiger partial charge is 0.306 e. The molecule has 0 aromatic carbocycles. The first kappa shape index (κ1) is 16.0. The summed E-state index contributed by atoms with van der Waals surface area (Å²) in [5.74, 6) is -0.800. The molecule has 4 nitrogen and oxygen atoms in total. The molecule has 0 unspecified atom stereocenters. The van der Waals surface area contributed by atoms with Crippen LogP contribution < -0.4 is 0 Å². The van der Waals surface area contributed by atoms with E-state index in [1.54, 1.807) is 11.3 Å². The van der Waals surface area contributed by atoms with Crippen LogP contribution in [0.5, 0.6) is 0 Å². The van der Waals surface area contributed by atoms with Crippen LogP contribution in [0.4, 0.5) is 0 Å². The Morgan fingerprint density at radius 3 is 2.62 bits per heavy atom. The van der Waals surface area contributed by atoms with E-state index in [2.05, 4.69) is 17.5 Å². The third kappa shape index (κ3) is 5.16. The monoisotopic (exact) mass is 309 g/mol. The summed E-state index contributed by atoms with van der Waals surface area (Å²) in [7, 11) is 0. The fraction of sp³-hybridized carbons (Fsp3) is 0.625. The molecule has 0 saturated carbocycles. The summed E-state index contributed by atoms with van der Waals surface area (Å²) in [4.78, 5) is 26.2. The van der Waals surface area contributed by atoms with Crippen LogP contribution in [-0.2, 0) is 16.0 Å². The van der Waals surface area contributed by atoms with Crippen molar-refractivity contribution < 1.29 is 14.7 Å². The number of rotatable bonds is 7. The average Bonchev–Trinajstić information content (AvgIpc) is 3.00. The summed E-state index contributed by atoms with van der Waals surface area (Å²) in [6, 6.07) is 4.23. The molecule has 2 rings (SSSR count). The molecule has 1 aliphatic rings. The second-order valence-corrected chi connectivity index (χ2v) is 6.67. The van der Waals surface area contributed by atoms with Crippen molar-refractivity contribution in [3.63, 3.8) is 0 Å². The van der Waals surface area contributed by atoms with E-state index in [-0.39, 0.29) is 11.8 Å². The number of carbonyl (C=O) groups excluding carboxylic acids is 1. The van der Waals surface area contributed by atoms with Gasteiger partial charge in [0.25, 0.3) is 0 Å². The molecular weight excluding hydrogens is 286 g/mol. The summed E-state index contributed by atoms with van der Waals surface area (Å²) < 4.78 is 0. The Morgan fingerprint density at radius 2 is 2.00 bits per heavy atom. The Hall–Kier alpha value is -1.36. The molecule has 0 atom stereocenters. The van der Waals surface area contributed by atoms with Crippen molar-refractivity contribution in [1.82, 2.24) is 4.90 Å². The fourth-order valence-corrected chi connectivity index (χ4v) is 3.49. The minimum absolute atomic E-state index is 0.190. The summed E-state index contributed by atoms with van der Waals surface area (Å²) in [5, 5.41) is 11.0. The van der Waals surface area contributed by atoms with Crippen LogP contribution in [-0.4, -0.2) is 35.0 Å². The normalized spacial score (nSPS) is 16.1. The van der Waals surface area contributed by atoms with E-state index in [0.29, 0.717) is 32.4 Å². The lowest BCUT2D eigenvalue weighted by Gasteiger charge is -2.30. The molecule has 1 N–H and O–H groups in total. The molecule has 0 spiro atoms. The van der Waals surface area contributed by atoms with Gasteiger partial charge < -0.3 is 10.0 Å². The highest BCUT2D eigenvalue weighted by Crippen LogP contribution is 2.19. The standard InChI is InChI=1S/C16H23NO3S/c18-15(17-10-8-13(9-11-17)16(19)20)7-3-1-2-5-14-6-4-12-21-14/h4,6,12-13H,1-3,5,7-11H2,(H,19,20). The lowest BCUT2D eigenvalue weighted by molar-refractivity contribution is -0.145. The first-order valence-corrected chi connectivity index (χ1v) is 8.58. The zero-order valence-corrected chi connectivity index (χ0v) is 13.1. The van der Waals surface area contributed by atoms with Crippen molar-refractivity contribution in [2.24, 2.45) is 5.92 Å². The van der Waals surface area contributed by atoms with Gasteiger partial charge in [-0.2, -0.15) is 0 Å². The van der Waals surface area contributed by atoms with Gasteiger partial charge in [-0.3, -0.25) is 9.59 Å². The minimum atomic E-state index is -0.726. The summed E-state index contributed by atoms with van der Waals surface area (Å²) in [5.41, 5.74) is 0.